The van der Waals surface area contributed by atoms with E-state index < -0.39 is 0 Å². The lowest BCUT2D eigenvalue weighted by Crippen LogP contribution is -2.15. The van der Waals surface area contributed by atoms with E-state index in [1.807, 2.05) is 29.2 Å². The fourth-order valence-electron chi connectivity index (χ4n) is 1.99. The highest BCUT2D eigenvalue weighted by Crippen LogP contribution is 2.20. The molecular weight excluding hydrogens is 252 g/mol. The largest absolute Gasteiger partial charge is 0.436 e. The lowest BCUT2D eigenvalue weighted by Gasteiger charge is -2.04. The van der Waals surface area contributed by atoms with E-state index in [0.29, 0.717) is 5.88 Å². The molecule has 1 fully saturated rings. The van der Waals surface area contributed by atoms with Gasteiger partial charge in [-0.1, -0.05) is 13.0 Å². The van der Waals surface area contributed by atoms with Gasteiger partial charge in [0.1, 0.15) is 0 Å². The summed E-state index contributed by atoms with van der Waals surface area (Å²) < 4.78 is 7.56. The van der Waals surface area contributed by atoms with Crippen LogP contribution in [0.2, 0.25) is 0 Å². The van der Waals surface area contributed by atoms with Crippen LogP contribution in [0.5, 0.6) is 11.6 Å². The molecule has 0 radical (unpaired) electrons. The summed E-state index contributed by atoms with van der Waals surface area (Å²) in [6, 6.07) is 4.67. The fraction of sp³-hybridized carbons (Fsp3) is 0.467. The number of ether oxygens (including phenoxy) is 1. The predicted molar refractivity (Wildman–Crippen MR) is 76.7 cm³/mol. The van der Waals surface area contributed by atoms with Crippen molar-refractivity contribution in [1.82, 2.24) is 20.1 Å². The molecule has 2 heterocycles. The van der Waals surface area contributed by atoms with Crippen molar-refractivity contribution < 1.29 is 4.74 Å². The number of aromatic nitrogens is 3. The minimum atomic E-state index is 0.608. The van der Waals surface area contributed by atoms with Gasteiger partial charge >= 0.3 is 0 Å². The Morgan fingerprint density at radius 2 is 2.25 bits per heavy atom. The number of pyridine rings is 1. The van der Waals surface area contributed by atoms with Gasteiger partial charge in [-0.2, -0.15) is 5.10 Å². The van der Waals surface area contributed by atoms with Crippen LogP contribution in [0.15, 0.2) is 30.7 Å². The standard InChI is InChI=1S/C15H20N4O/c1-2-7-19-11-14(10-18-19)20-15-6-3-12(9-17-15)8-16-13-4-5-13/h3,6,9-11,13,16H,2,4-5,7-8H2,1H3. The number of nitrogens with one attached hydrogen (secondary N) is 1. The molecular formula is C15H20N4O. The summed E-state index contributed by atoms with van der Waals surface area (Å²) >= 11 is 0. The van der Waals surface area contributed by atoms with Crippen LogP contribution in [-0.2, 0) is 13.1 Å². The smallest absolute Gasteiger partial charge is 0.219 e. The number of hydrogen-bond acceptors (Lipinski definition) is 4. The van der Waals surface area contributed by atoms with Crippen molar-refractivity contribution in [3.8, 4) is 11.6 Å². The zero-order chi connectivity index (χ0) is 13.8. The van der Waals surface area contributed by atoms with Gasteiger partial charge in [-0.25, -0.2) is 4.98 Å². The maximum absolute atomic E-state index is 5.68. The van der Waals surface area contributed by atoms with Crippen molar-refractivity contribution in [2.24, 2.45) is 0 Å². The third-order valence-electron chi connectivity index (χ3n) is 3.25. The van der Waals surface area contributed by atoms with Crippen molar-refractivity contribution >= 4 is 0 Å². The first-order valence-electron chi connectivity index (χ1n) is 7.22. The zero-order valence-electron chi connectivity index (χ0n) is 11.7. The molecule has 1 N–H and O–H groups in total. The molecule has 20 heavy (non-hydrogen) atoms. The third kappa shape index (κ3) is 3.57. The zero-order valence-corrected chi connectivity index (χ0v) is 11.7. The quantitative estimate of drug-likeness (QED) is 0.842. The Bertz CT molecular complexity index is 545. The Kier molecular flexibility index (Phi) is 3.97. The number of nitrogens with zero attached hydrogens (tertiary/aromatic N) is 3. The van der Waals surface area contributed by atoms with Crippen molar-refractivity contribution in [3.63, 3.8) is 0 Å². The molecule has 0 aliphatic heterocycles. The van der Waals surface area contributed by atoms with E-state index in [1.165, 1.54) is 18.4 Å². The van der Waals surface area contributed by atoms with Crippen molar-refractivity contribution in [2.75, 3.05) is 0 Å². The maximum atomic E-state index is 5.68. The van der Waals surface area contributed by atoms with Crippen LogP contribution >= 0.6 is 0 Å². The Morgan fingerprint density at radius 3 is 2.95 bits per heavy atom. The maximum Gasteiger partial charge on any atom is 0.219 e. The van der Waals surface area contributed by atoms with Gasteiger partial charge in [-0.05, 0) is 24.8 Å². The summed E-state index contributed by atoms with van der Waals surface area (Å²) in [5.74, 6) is 1.34. The molecule has 0 spiro atoms. The second kappa shape index (κ2) is 6.05. The first-order valence-corrected chi connectivity index (χ1v) is 7.22. The van der Waals surface area contributed by atoms with Gasteiger partial charge in [-0.15, -0.1) is 0 Å². The van der Waals surface area contributed by atoms with E-state index in [-0.39, 0.29) is 0 Å². The van der Waals surface area contributed by atoms with E-state index in [0.717, 1.165) is 31.3 Å². The Labute approximate surface area is 119 Å². The second-order valence-electron chi connectivity index (χ2n) is 5.20. The van der Waals surface area contributed by atoms with Gasteiger partial charge in [0.2, 0.25) is 5.88 Å². The first kappa shape index (κ1) is 13.1. The van der Waals surface area contributed by atoms with Gasteiger partial charge in [0.05, 0.1) is 12.4 Å². The van der Waals surface area contributed by atoms with E-state index in [9.17, 15) is 0 Å². The lowest BCUT2D eigenvalue weighted by atomic mass is 10.3. The van der Waals surface area contributed by atoms with Crippen LogP contribution in [0.1, 0.15) is 31.7 Å². The molecule has 106 valence electrons. The van der Waals surface area contributed by atoms with E-state index >= 15 is 0 Å². The van der Waals surface area contributed by atoms with E-state index in [2.05, 4.69) is 22.3 Å². The van der Waals surface area contributed by atoms with Gasteiger partial charge < -0.3 is 10.1 Å². The monoisotopic (exact) mass is 272 g/mol. The van der Waals surface area contributed by atoms with Gasteiger partial charge in [0.25, 0.3) is 0 Å². The number of rotatable bonds is 7. The molecule has 1 aliphatic carbocycles. The molecule has 0 amide bonds. The molecule has 1 aliphatic rings. The van der Waals surface area contributed by atoms with Crippen molar-refractivity contribution in [1.29, 1.82) is 0 Å². The highest BCUT2D eigenvalue weighted by molar-refractivity contribution is 5.24. The summed E-state index contributed by atoms with van der Waals surface area (Å²) in [7, 11) is 0. The lowest BCUT2D eigenvalue weighted by molar-refractivity contribution is 0.460. The second-order valence-corrected chi connectivity index (χ2v) is 5.20. The minimum absolute atomic E-state index is 0.608. The Morgan fingerprint density at radius 1 is 1.35 bits per heavy atom. The molecule has 2 aromatic rings. The third-order valence-corrected chi connectivity index (χ3v) is 3.25. The van der Waals surface area contributed by atoms with Crippen molar-refractivity contribution in [3.05, 3.63) is 36.3 Å². The van der Waals surface area contributed by atoms with Crippen LogP contribution in [0, 0.1) is 0 Å². The summed E-state index contributed by atoms with van der Waals surface area (Å²) in [5.41, 5.74) is 1.19. The van der Waals surface area contributed by atoms with Gasteiger partial charge in [0, 0.05) is 31.4 Å². The highest BCUT2D eigenvalue weighted by Gasteiger charge is 2.19. The molecule has 5 heteroatoms. The molecule has 3 rings (SSSR count). The number of aryl methyl sites for hydroxylation is 1. The molecule has 0 atom stereocenters. The molecule has 1 saturated carbocycles. The average Bonchev–Trinajstić information content (AvgIpc) is 3.19. The van der Waals surface area contributed by atoms with Gasteiger partial charge in [0.15, 0.2) is 5.75 Å². The van der Waals surface area contributed by atoms with Crippen LogP contribution in [0.4, 0.5) is 0 Å². The first-order chi connectivity index (χ1) is 9.83. The van der Waals surface area contributed by atoms with E-state index in [4.69, 9.17) is 4.74 Å². The topological polar surface area (TPSA) is 52.0 Å². The summed E-state index contributed by atoms with van der Waals surface area (Å²) in [5, 5.41) is 7.69. The van der Waals surface area contributed by atoms with Crippen LogP contribution < -0.4 is 10.1 Å². The fourth-order valence-corrected chi connectivity index (χ4v) is 1.99. The SMILES string of the molecule is CCCn1cc(Oc2ccc(CNC3CC3)cn2)cn1. The predicted octanol–water partition coefficient (Wildman–Crippen LogP) is 2.73. The molecule has 0 unspecified atom stereocenters. The molecule has 0 bridgehead atoms. The summed E-state index contributed by atoms with van der Waals surface area (Å²) in [6.45, 7) is 3.91. The molecule has 0 saturated heterocycles. The molecule has 2 aromatic heterocycles. The van der Waals surface area contributed by atoms with Crippen LogP contribution in [0.3, 0.4) is 0 Å². The van der Waals surface area contributed by atoms with Crippen LogP contribution in [-0.4, -0.2) is 20.8 Å². The normalized spacial score (nSPS) is 14.4. The van der Waals surface area contributed by atoms with Gasteiger partial charge in [-0.3, -0.25) is 4.68 Å². The summed E-state index contributed by atoms with van der Waals surface area (Å²) in [4.78, 5) is 4.33. The Balaban J connectivity index is 1.55. The molecule has 0 aromatic carbocycles. The number of hydrogen-bond donors (Lipinski definition) is 1. The summed E-state index contributed by atoms with van der Waals surface area (Å²) in [6.07, 6.45) is 9.14. The minimum Gasteiger partial charge on any atom is -0.436 e. The van der Waals surface area contributed by atoms with Crippen molar-refractivity contribution in [2.45, 2.75) is 45.3 Å². The highest BCUT2D eigenvalue weighted by atomic mass is 16.5. The van der Waals surface area contributed by atoms with E-state index in [1.54, 1.807) is 6.20 Å². The Hall–Kier alpha value is -1.88. The molecule has 5 nitrogen and oxygen atoms in total. The van der Waals surface area contributed by atoms with Crippen LogP contribution in [0.25, 0.3) is 0 Å². The average molecular weight is 272 g/mol.